The number of fused-ring (bicyclic) bond motifs is 1. The normalized spacial score (nSPS) is 14.8. The van der Waals surface area contributed by atoms with Gasteiger partial charge in [-0.3, -0.25) is 9.48 Å². The number of aromatic nitrogens is 2. The van der Waals surface area contributed by atoms with Gasteiger partial charge >= 0.3 is 0 Å². The third-order valence-electron chi connectivity index (χ3n) is 4.95. The van der Waals surface area contributed by atoms with Crippen LogP contribution in [0.1, 0.15) is 12.8 Å². The van der Waals surface area contributed by atoms with E-state index in [0.29, 0.717) is 6.54 Å². The van der Waals surface area contributed by atoms with Gasteiger partial charge in [0.2, 0.25) is 5.91 Å². The van der Waals surface area contributed by atoms with E-state index in [0.717, 1.165) is 41.8 Å². The maximum Gasteiger partial charge on any atom is 0.241 e. The van der Waals surface area contributed by atoms with Gasteiger partial charge in [0.25, 0.3) is 0 Å². The van der Waals surface area contributed by atoms with Gasteiger partial charge in [0, 0.05) is 24.0 Å². The van der Waals surface area contributed by atoms with Gasteiger partial charge in [0.05, 0.1) is 5.52 Å². The molecule has 1 N–H and O–H groups in total. The summed E-state index contributed by atoms with van der Waals surface area (Å²) < 4.78 is 1.81. The topological polar surface area (TPSA) is 50.2 Å². The molecule has 1 aromatic heterocycles. The van der Waals surface area contributed by atoms with E-state index >= 15 is 0 Å². The summed E-state index contributed by atoms with van der Waals surface area (Å²) in [6.07, 6.45) is 2.55. The van der Waals surface area contributed by atoms with Crippen LogP contribution in [0.25, 0.3) is 22.2 Å². The fourth-order valence-electron chi connectivity index (χ4n) is 3.61. The summed E-state index contributed by atoms with van der Waals surface area (Å²) in [6, 6.07) is 18.2. The van der Waals surface area contributed by atoms with E-state index in [1.165, 1.54) is 12.8 Å². The van der Waals surface area contributed by atoms with Gasteiger partial charge in [-0.15, -0.1) is 0 Å². The third-order valence-corrected chi connectivity index (χ3v) is 4.95. The molecule has 0 bridgehead atoms. The molecule has 3 aromatic rings. The molecule has 0 aliphatic carbocycles. The number of carbonyl (C=O) groups excluding carboxylic acids is 1. The average molecular weight is 348 g/mol. The Morgan fingerprint density at radius 1 is 1.00 bits per heavy atom. The predicted octanol–water partition coefficient (Wildman–Crippen LogP) is 2.92. The molecule has 1 saturated heterocycles. The van der Waals surface area contributed by atoms with Crippen LogP contribution in [0.4, 0.5) is 0 Å². The molecule has 1 aliphatic rings. The van der Waals surface area contributed by atoms with E-state index in [1.807, 2.05) is 41.1 Å². The smallest absolute Gasteiger partial charge is 0.241 e. The fraction of sp³-hybridized carbons (Fsp3) is 0.333. The summed E-state index contributed by atoms with van der Waals surface area (Å²) >= 11 is 0. The SMILES string of the molecule is O=C(Cn1nc(-c2ccccc2)c2ccccc21)NCCN1CCCC1. The van der Waals surface area contributed by atoms with Gasteiger partial charge in [-0.2, -0.15) is 5.10 Å². The molecule has 0 saturated carbocycles. The predicted molar refractivity (Wildman–Crippen MR) is 104 cm³/mol. The molecule has 4 rings (SSSR count). The van der Waals surface area contributed by atoms with E-state index < -0.39 is 0 Å². The maximum atomic E-state index is 12.4. The molecule has 0 spiro atoms. The van der Waals surface area contributed by atoms with E-state index in [4.69, 9.17) is 5.10 Å². The minimum absolute atomic E-state index is 0.0112. The number of amides is 1. The number of nitrogens with one attached hydrogen (secondary N) is 1. The standard InChI is InChI=1S/C21H24N4O/c26-20(22-12-15-24-13-6-7-14-24)16-25-19-11-5-4-10-18(19)21(23-25)17-8-2-1-3-9-17/h1-5,8-11H,6-7,12-16H2,(H,22,26). The van der Waals surface area contributed by atoms with Crippen molar-refractivity contribution in [3.8, 4) is 11.3 Å². The molecule has 1 fully saturated rings. The molecular formula is C21H24N4O. The summed E-state index contributed by atoms with van der Waals surface area (Å²) in [5, 5.41) is 8.83. The Hall–Kier alpha value is -2.66. The second-order valence-electron chi connectivity index (χ2n) is 6.79. The van der Waals surface area contributed by atoms with Crippen molar-refractivity contribution < 1.29 is 4.79 Å². The van der Waals surface area contributed by atoms with E-state index in [2.05, 4.69) is 28.4 Å². The van der Waals surface area contributed by atoms with Crippen molar-refractivity contribution in [1.29, 1.82) is 0 Å². The van der Waals surface area contributed by atoms with E-state index in [1.54, 1.807) is 0 Å². The highest BCUT2D eigenvalue weighted by Gasteiger charge is 2.15. The largest absolute Gasteiger partial charge is 0.353 e. The van der Waals surface area contributed by atoms with Gasteiger partial charge in [-0.05, 0) is 32.0 Å². The van der Waals surface area contributed by atoms with Crippen molar-refractivity contribution in [1.82, 2.24) is 20.0 Å². The van der Waals surface area contributed by atoms with Crippen molar-refractivity contribution >= 4 is 16.8 Å². The Bertz CT molecular complexity index is 881. The second kappa shape index (κ2) is 7.70. The monoisotopic (exact) mass is 348 g/mol. The number of carbonyl (C=O) groups is 1. The first-order valence-electron chi connectivity index (χ1n) is 9.31. The zero-order valence-corrected chi connectivity index (χ0v) is 14.9. The lowest BCUT2D eigenvalue weighted by Crippen LogP contribution is -2.35. The second-order valence-corrected chi connectivity index (χ2v) is 6.79. The summed E-state index contributed by atoms with van der Waals surface area (Å²) in [7, 11) is 0. The van der Waals surface area contributed by atoms with Crippen molar-refractivity contribution in [2.45, 2.75) is 19.4 Å². The first kappa shape index (κ1) is 16.8. The Labute approximate surface area is 153 Å². The number of para-hydroxylation sites is 1. The van der Waals surface area contributed by atoms with Crippen molar-refractivity contribution in [3.63, 3.8) is 0 Å². The summed E-state index contributed by atoms with van der Waals surface area (Å²) in [4.78, 5) is 14.8. The minimum Gasteiger partial charge on any atom is -0.353 e. The zero-order chi connectivity index (χ0) is 17.8. The van der Waals surface area contributed by atoms with Gasteiger partial charge in [0.15, 0.2) is 0 Å². The molecule has 0 atom stereocenters. The van der Waals surface area contributed by atoms with Crippen LogP contribution in [0.5, 0.6) is 0 Å². The third kappa shape index (κ3) is 3.63. The van der Waals surface area contributed by atoms with Crippen LogP contribution < -0.4 is 5.32 Å². The summed E-state index contributed by atoms with van der Waals surface area (Å²) in [6.45, 7) is 4.18. The lowest BCUT2D eigenvalue weighted by Gasteiger charge is -2.14. The Morgan fingerprint density at radius 2 is 1.73 bits per heavy atom. The number of likely N-dealkylation sites (tertiary alicyclic amines) is 1. The number of hydrogen-bond donors (Lipinski definition) is 1. The Kier molecular flexibility index (Phi) is 4.97. The van der Waals surface area contributed by atoms with Crippen molar-refractivity contribution in [2.75, 3.05) is 26.2 Å². The molecule has 1 amide bonds. The zero-order valence-electron chi connectivity index (χ0n) is 14.9. The highest BCUT2D eigenvalue weighted by Crippen LogP contribution is 2.27. The molecule has 134 valence electrons. The Balaban J connectivity index is 1.48. The van der Waals surface area contributed by atoms with Gasteiger partial charge in [-0.25, -0.2) is 0 Å². The van der Waals surface area contributed by atoms with Crippen LogP contribution in [0.2, 0.25) is 0 Å². The lowest BCUT2D eigenvalue weighted by molar-refractivity contribution is -0.121. The van der Waals surface area contributed by atoms with Crippen LogP contribution in [0.3, 0.4) is 0 Å². The number of benzene rings is 2. The maximum absolute atomic E-state index is 12.4. The summed E-state index contributed by atoms with van der Waals surface area (Å²) in [5.74, 6) is 0.0112. The highest BCUT2D eigenvalue weighted by molar-refractivity contribution is 5.94. The molecular weight excluding hydrogens is 324 g/mol. The lowest BCUT2D eigenvalue weighted by atomic mass is 10.1. The first-order valence-corrected chi connectivity index (χ1v) is 9.31. The van der Waals surface area contributed by atoms with E-state index in [9.17, 15) is 4.79 Å². The fourth-order valence-corrected chi connectivity index (χ4v) is 3.61. The molecule has 0 radical (unpaired) electrons. The number of hydrogen-bond acceptors (Lipinski definition) is 3. The van der Waals surface area contributed by atoms with Gasteiger partial charge in [-0.1, -0.05) is 48.5 Å². The molecule has 5 nitrogen and oxygen atoms in total. The van der Waals surface area contributed by atoms with Gasteiger partial charge < -0.3 is 10.2 Å². The van der Waals surface area contributed by atoms with Crippen LogP contribution in [-0.4, -0.2) is 46.8 Å². The van der Waals surface area contributed by atoms with Crippen LogP contribution in [0, 0.1) is 0 Å². The van der Waals surface area contributed by atoms with Crippen molar-refractivity contribution in [3.05, 3.63) is 54.6 Å². The molecule has 2 aromatic carbocycles. The quantitative estimate of drug-likeness (QED) is 0.745. The van der Waals surface area contributed by atoms with Crippen LogP contribution in [0.15, 0.2) is 54.6 Å². The van der Waals surface area contributed by atoms with Gasteiger partial charge in [0.1, 0.15) is 12.2 Å². The van der Waals surface area contributed by atoms with Crippen LogP contribution >= 0.6 is 0 Å². The first-order chi connectivity index (χ1) is 12.8. The molecule has 5 heteroatoms. The highest BCUT2D eigenvalue weighted by atomic mass is 16.2. The minimum atomic E-state index is 0.0112. The van der Waals surface area contributed by atoms with Crippen LogP contribution in [-0.2, 0) is 11.3 Å². The molecule has 26 heavy (non-hydrogen) atoms. The molecule has 1 aliphatic heterocycles. The molecule has 2 heterocycles. The average Bonchev–Trinajstić information content (AvgIpc) is 3.31. The number of rotatable bonds is 6. The Morgan fingerprint density at radius 3 is 2.54 bits per heavy atom. The molecule has 0 unspecified atom stereocenters. The summed E-state index contributed by atoms with van der Waals surface area (Å²) in [5.41, 5.74) is 2.98. The van der Waals surface area contributed by atoms with Crippen molar-refractivity contribution in [2.24, 2.45) is 0 Å². The van der Waals surface area contributed by atoms with E-state index in [-0.39, 0.29) is 12.5 Å². The number of nitrogens with zero attached hydrogens (tertiary/aromatic N) is 3.